The van der Waals surface area contributed by atoms with E-state index in [4.69, 9.17) is 5.11 Å². The van der Waals surface area contributed by atoms with Crippen molar-refractivity contribution in [2.75, 3.05) is 38.2 Å². The van der Waals surface area contributed by atoms with E-state index in [1.807, 2.05) is 13.1 Å². The van der Waals surface area contributed by atoms with E-state index in [1.54, 1.807) is 0 Å². The smallest absolute Gasteiger partial charge is 0.318 e. The van der Waals surface area contributed by atoms with E-state index in [0.717, 1.165) is 19.6 Å². The first-order valence-electron chi connectivity index (χ1n) is 9.06. The van der Waals surface area contributed by atoms with Crippen molar-refractivity contribution >= 4 is 15.8 Å². The zero-order valence-corrected chi connectivity index (χ0v) is 16.7. The van der Waals surface area contributed by atoms with Gasteiger partial charge in [-0.25, -0.2) is 8.42 Å². The van der Waals surface area contributed by atoms with E-state index in [0.29, 0.717) is 24.4 Å². The van der Waals surface area contributed by atoms with Gasteiger partial charge in [-0.1, -0.05) is 44.2 Å². The van der Waals surface area contributed by atoms with Crippen molar-refractivity contribution in [2.24, 2.45) is 11.8 Å². The predicted octanol–water partition coefficient (Wildman–Crippen LogP) is 1.57. The van der Waals surface area contributed by atoms with Crippen molar-refractivity contribution in [3.05, 3.63) is 35.9 Å². The van der Waals surface area contributed by atoms with Crippen molar-refractivity contribution in [1.29, 1.82) is 0 Å². The molecule has 146 valence electrons. The monoisotopic (exact) mass is 382 g/mol. The van der Waals surface area contributed by atoms with Gasteiger partial charge in [0, 0.05) is 32.2 Å². The minimum Gasteiger partial charge on any atom is -0.480 e. The SMILES string of the molecule is CC1CN(Cc2ccccc2)CC(C)C1N(C)CCS(=O)(=O)CC(=O)O. The summed E-state index contributed by atoms with van der Waals surface area (Å²) in [4.78, 5) is 15.2. The third-order valence-electron chi connectivity index (χ3n) is 5.11. The van der Waals surface area contributed by atoms with Crippen LogP contribution in [0.5, 0.6) is 0 Å². The molecule has 2 unspecified atom stereocenters. The van der Waals surface area contributed by atoms with Crippen molar-refractivity contribution in [3.8, 4) is 0 Å². The van der Waals surface area contributed by atoms with Gasteiger partial charge >= 0.3 is 5.97 Å². The summed E-state index contributed by atoms with van der Waals surface area (Å²) in [6, 6.07) is 10.7. The first kappa shape index (κ1) is 20.9. The van der Waals surface area contributed by atoms with Crippen LogP contribution in [0.3, 0.4) is 0 Å². The lowest BCUT2D eigenvalue weighted by atomic mass is 9.84. The van der Waals surface area contributed by atoms with E-state index < -0.39 is 21.6 Å². The molecule has 0 aromatic heterocycles. The van der Waals surface area contributed by atoms with E-state index in [-0.39, 0.29) is 5.75 Å². The molecule has 1 aromatic carbocycles. The predicted molar refractivity (Wildman–Crippen MR) is 103 cm³/mol. The second kappa shape index (κ2) is 8.97. The number of sulfone groups is 1. The van der Waals surface area contributed by atoms with Gasteiger partial charge in [0.1, 0.15) is 5.75 Å². The lowest BCUT2D eigenvalue weighted by molar-refractivity contribution is -0.134. The molecule has 1 aromatic rings. The lowest BCUT2D eigenvalue weighted by Crippen LogP contribution is -2.54. The highest BCUT2D eigenvalue weighted by Gasteiger charge is 2.34. The van der Waals surface area contributed by atoms with Gasteiger partial charge in [-0.3, -0.25) is 9.69 Å². The molecular weight excluding hydrogens is 352 g/mol. The number of carboxylic acids is 1. The Kier molecular flexibility index (Phi) is 7.20. The summed E-state index contributed by atoms with van der Waals surface area (Å²) < 4.78 is 23.7. The summed E-state index contributed by atoms with van der Waals surface area (Å²) in [6.45, 7) is 7.65. The summed E-state index contributed by atoms with van der Waals surface area (Å²) in [5.41, 5.74) is 1.30. The van der Waals surface area contributed by atoms with Gasteiger partial charge in [-0.2, -0.15) is 0 Å². The molecule has 0 amide bonds. The maximum atomic E-state index is 11.8. The first-order valence-corrected chi connectivity index (χ1v) is 10.9. The highest BCUT2D eigenvalue weighted by molar-refractivity contribution is 7.92. The number of rotatable bonds is 8. The molecule has 0 spiro atoms. The number of carbonyl (C=O) groups is 1. The van der Waals surface area contributed by atoms with Crippen LogP contribution >= 0.6 is 0 Å². The zero-order valence-electron chi connectivity index (χ0n) is 15.8. The Morgan fingerprint density at radius 2 is 1.77 bits per heavy atom. The first-order chi connectivity index (χ1) is 12.2. The van der Waals surface area contributed by atoms with Crippen LogP contribution in [-0.4, -0.2) is 73.5 Å². The second-order valence-corrected chi connectivity index (χ2v) is 9.78. The van der Waals surface area contributed by atoms with Crippen molar-refractivity contribution in [3.63, 3.8) is 0 Å². The maximum Gasteiger partial charge on any atom is 0.318 e. The Morgan fingerprint density at radius 3 is 2.31 bits per heavy atom. The van der Waals surface area contributed by atoms with E-state index in [1.165, 1.54) is 5.56 Å². The molecule has 0 bridgehead atoms. The van der Waals surface area contributed by atoms with Crippen molar-refractivity contribution in [1.82, 2.24) is 9.80 Å². The molecule has 6 nitrogen and oxygen atoms in total. The van der Waals surface area contributed by atoms with E-state index >= 15 is 0 Å². The molecule has 1 saturated heterocycles. The Bertz CT molecular complexity index is 681. The van der Waals surface area contributed by atoms with Crippen LogP contribution in [0.1, 0.15) is 19.4 Å². The number of carboxylic acid groups (broad SMARTS) is 1. The Morgan fingerprint density at radius 1 is 1.19 bits per heavy atom. The standard InChI is InChI=1S/C19H30N2O4S/c1-15-11-21(13-17-7-5-4-6-8-17)12-16(2)19(15)20(3)9-10-26(24,25)14-18(22)23/h4-8,15-16,19H,9-14H2,1-3H3,(H,22,23). The molecule has 0 saturated carbocycles. The van der Waals surface area contributed by atoms with Crippen LogP contribution < -0.4 is 0 Å². The quantitative estimate of drug-likeness (QED) is 0.735. The third kappa shape index (κ3) is 6.07. The Balaban J connectivity index is 1.91. The zero-order chi connectivity index (χ0) is 19.3. The fourth-order valence-electron chi connectivity index (χ4n) is 4.20. The highest BCUT2D eigenvalue weighted by atomic mass is 32.2. The summed E-state index contributed by atoms with van der Waals surface area (Å²) >= 11 is 0. The van der Waals surface area contributed by atoms with E-state index in [2.05, 4.69) is 47.9 Å². The van der Waals surface area contributed by atoms with Gasteiger partial charge in [0.25, 0.3) is 0 Å². The Labute approximate surface area is 156 Å². The summed E-state index contributed by atoms with van der Waals surface area (Å²) in [5.74, 6) is -1.37. The number of piperidine rings is 1. The number of hydrogen-bond donors (Lipinski definition) is 1. The number of aliphatic carboxylic acids is 1. The number of likely N-dealkylation sites (tertiary alicyclic amines) is 1. The second-order valence-electron chi connectivity index (χ2n) is 7.59. The van der Waals surface area contributed by atoms with Gasteiger partial charge < -0.3 is 10.0 Å². The lowest BCUT2D eigenvalue weighted by Gasteiger charge is -2.45. The van der Waals surface area contributed by atoms with Crippen LogP contribution in [-0.2, 0) is 21.2 Å². The van der Waals surface area contributed by atoms with Crippen LogP contribution in [0.15, 0.2) is 30.3 Å². The average Bonchev–Trinajstić information content (AvgIpc) is 2.52. The van der Waals surface area contributed by atoms with Gasteiger partial charge in [0.15, 0.2) is 9.84 Å². The van der Waals surface area contributed by atoms with Gasteiger partial charge in [0.2, 0.25) is 0 Å². The van der Waals surface area contributed by atoms with E-state index in [9.17, 15) is 13.2 Å². The van der Waals surface area contributed by atoms with Crippen molar-refractivity contribution in [2.45, 2.75) is 26.4 Å². The molecule has 2 rings (SSSR count). The summed E-state index contributed by atoms with van der Waals surface area (Å²) in [7, 11) is -1.61. The summed E-state index contributed by atoms with van der Waals surface area (Å²) in [5, 5.41) is 8.70. The molecule has 0 radical (unpaired) electrons. The van der Waals surface area contributed by atoms with Crippen molar-refractivity contribution < 1.29 is 18.3 Å². The summed E-state index contributed by atoms with van der Waals surface area (Å²) in [6.07, 6.45) is 0. The largest absolute Gasteiger partial charge is 0.480 e. The molecule has 1 aliphatic rings. The minimum absolute atomic E-state index is 0.112. The number of hydrogen-bond acceptors (Lipinski definition) is 5. The Hall–Kier alpha value is -1.44. The molecule has 1 heterocycles. The van der Waals surface area contributed by atoms with Crippen LogP contribution in [0.4, 0.5) is 0 Å². The molecule has 7 heteroatoms. The molecule has 0 aliphatic carbocycles. The number of nitrogens with zero attached hydrogens (tertiary/aromatic N) is 2. The normalized spacial score (nSPS) is 24.7. The van der Waals surface area contributed by atoms with Crippen LogP contribution in [0.2, 0.25) is 0 Å². The maximum absolute atomic E-state index is 11.8. The molecule has 26 heavy (non-hydrogen) atoms. The van der Waals surface area contributed by atoms with Gasteiger partial charge in [-0.15, -0.1) is 0 Å². The molecular formula is C19H30N2O4S. The van der Waals surface area contributed by atoms with Crippen LogP contribution in [0, 0.1) is 11.8 Å². The highest BCUT2D eigenvalue weighted by Crippen LogP contribution is 2.27. The average molecular weight is 383 g/mol. The van der Waals surface area contributed by atoms with Gasteiger partial charge in [0.05, 0.1) is 5.75 Å². The molecule has 1 N–H and O–H groups in total. The fraction of sp³-hybridized carbons (Fsp3) is 0.632. The fourth-order valence-corrected chi connectivity index (χ4v) is 5.28. The molecule has 1 aliphatic heterocycles. The minimum atomic E-state index is -3.55. The number of benzene rings is 1. The van der Waals surface area contributed by atoms with Crippen LogP contribution in [0.25, 0.3) is 0 Å². The topological polar surface area (TPSA) is 77.9 Å². The third-order valence-corrected chi connectivity index (χ3v) is 6.61. The molecule has 1 fully saturated rings. The van der Waals surface area contributed by atoms with Gasteiger partial charge in [-0.05, 0) is 24.4 Å². The molecule has 2 atom stereocenters.